The first-order valence-electron chi connectivity index (χ1n) is 8.75. The smallest absolute Gasteiger partial charge is 0.320 e. The van der Waals surface area contributed by atoms with E-state index in [0.29, 0.717) is 0 Å². The number of aliphatic carboxylic acids is 1. The maximum atomic E-state index is 12.6. The van der Waals surface area contributed by atoms with Gasteiger partial charge in [-0.05, 0) is 43.4 Å². The summed E-state index contributed by atoms with van der Waals surface area (Å²) in [5.74, 6) is -0.0545. The van der Waals surface area contributed by atoms with Gasteiger partial charge in [0.05, 0.1) is 19.7 Å². The largest absolute Gasteiger partial charge is 0.497 e. The number of carbonyl (C=O) groups excluding carboxylic acids is 1. The molecule has 0 heterocycles. The van der Waals surface area contributed by atoms with Crippen LogP contribution in [-0.4, -0.2) is 47.6 Å². The van der Waals surface area contributed by atoms with Crippen LogP contribution >= 0.6 is 0 Å². The van der Waals surface area contributed by atoms with E-state index < -0.39 is 12.0 Å². The molecule has 1 aromatic carbocycles. The second-order valence-electron chi connectivity index (χ2n) is 6.98. The molecule has 1 fully saturated rings. The molecular weight excluding hydrogens is 320 g/mol. The Morgan fingerprint density at radius 2 is 1.84 bits per heavy atom. The zero-order valence-corrected chi connectivity index (χ0v) is 15.4. The number of amides is 1. The van der Waals surface area contributed by atoms with Crippen molar-refractivity contribution in [2.24, 2.45) is 5.92 Å². The molecule has 1 aliphatic carbocycles. The molecule has 0 aromatic heterocycles. The van der Waals surface area contributed by atoms with Crippen LogP contribution in [0.1, 0.15) is 45.2 Å². The minimum absolute atomic E-state index is 0.109. The molecular formula is C19H28N2O4. The summed E-state index contributed by atoms with van der Waals surface area (Å²) in [5, 5.41) is 12.3. The van der Waals surface area contributed by atoms with E-state index in [1.165, 1.54) is 0 Å². The Bertz CT molecular complexity index is 596. The number of hydrogen-bond acceptors (Lipinski definition) is 4. The Labute approximate surface area is 149 Å². The molecule has 2 rings (SSSR count). The molecule has 6 heteroatoms. The van der Waals surface area contributed by atoms with Gasteiger partial charge >= 0.3 is 5.97 Å². The van der Waals surface area contributed by atoms with E-state index in [4.69, 9.17) is 4.74 Å². The van der Waals surface area contributed by atoms with E-state index in [2.05, 4.69) is 5.32 Å². The Kier molecular flexibility index (Phi) is 6.42. The van der Waals surface area contributed by atoms with Gasteiger partial charge < -0.3 is 15.2 Å². The Morgan fingerprint density at radius 3 is 2.28 bits per heavy atom. The van der Waals surface area contributed by atoms with Gasteiger partial charge in [-0.25, -0.2) is 0 Å². The summed E-state index contributed by atoms with van der Waals surface area (Å²) in [6.45, 7) is 5.84. The molecule has 6 nitrogen and oxygen atoms in total. The van der Waals surface area contributed by atoms with Gasteiger partial charge in [0.15, 0.2) is 0 Å². The van der Waals surface area contributed by atoms with Crippen LogP contribution in [0.4, 0.5) is 0 Å². The molecule has 2 atom stereocenters. The molecule has 0 spiro atoms. The molecule has 2 N–H and O–H groups in total. The summed E-state index contributed by atoms with van der Waals surface area (Å²) in [7, 11) is 1.62. The molecule has 1 aromatic rings. The summed E-state index contributed by atoms with van der Waals surface area (Å²) in [4.78, 5) is 25.6. The zero-order valence-electron chi connectivity index (χ0n) is 15.4. The number of carboxylic acid groups (broad SMARTS) is 1. The molecule has 0 aliphatic heterocycles. The van der Waals surface area contributed by atoms with Gasteiger partial charge in [0.1, 0.15) is 11.8 Å². The van der Waals surface area contributed by atoms with Crippen LogP contribution in [0.25, 0.3) is 0 Å². The number of nitrogens with one attached hydrogen (secondary N) is 1. The van der Waals surface area contributed by atoms with Crippen LogP contribution in [0.15, 0.2) is 24.3 Å². The van der Waals surface area contributed by atoms with Crippen LogP contribution < -0.4 is 10.1 Å². The molecule has 0 bridgehead atoms. The highest BCUT2D eigenvalue weighted by Gasteiger charge is 2.36. The van der Waals surface area contributed by atoms with Crippen molar-refractivity contribution < 1.29 is 19.4 Å². The number of ether oxygens (including phenoxy) is 1. The maximum Gasteiger partial charge on any atom is 0.320 e. The van der Waals surface area contributed by atoms with Gasteiger partial charge in [-0.2, -0.15) is 0 Å². The van der Waals surface area contributed by atoms with E-state index in [0.717, 1.165) is 24.2 Å². The van der Waals surface area contributed by atoms with E-state index in [-0.39, 0.29) is 30.5 Å². The van der Waals surface area contributed by atoms with E-state index in [1.807, 2.05) is 38.1 Å². The second-order valence-corrected chi connectivity index (χ2v) is 6.98. The summed E-state index contributed by atoms with van der Waals surface area (Å²) in [6, 6.07) is 7.07. The van der Waals surface area contributed by atoms with Gasteiger partial charge in [-0.15, -0.1) is 0 Å². The normalized spacial score (nSPS) is 16.6. The van der Waals surface area contributed by atoms with Gasteiger partial charge in [-0.1, -0.05) is 26.0 Å². The average Bonchev–Trinajstić information content (AvgIpc) is 3.41. The molecule has 2 unspecified atom stereocenters. The first-order chi connectivity index (χ1) is 11.8. The highest BCUT2D eigenvalue weighted by atomic mass is 16.5. The molecule has 1 saturated carbocycles. The van der Waals surface area contributed by atoms with E-state index >= 15 is 0 Å². The summed E-state index contributed by atoms with van der Waals surface area (Å²) in [5.41, 5.74) is 1.01. The van der Waals surface area contributed by atoms with Gasteiger partial charge in [0.2, 0.25) is 5.91 Å². The third-order valence-electron chi connectivity index (χ3n) is 4.66. The van der Waals surface area contributed by atoms with Crippen molar-refractivity contribution in [3.63, 3.8) is 0 Å². The zero-order chi connectivity index (χ0) is 18.6. The predicted octanol–water partition coefficient (Wildman–Crippen LogP) is 2.45. The fourth-order valence-electron chi connectivity index (χ4n) is 2.96. The number of methoxy groups -OCH3 is 1. The van der Waals surface area contributed by atoms with Crippen LogP contribution in [0, 0.1) is 5.92 Å². The van der Waals surface area contributed by atoms with Crippen molar-refractivity contribution in [2.45, 2.75) is 51.7 Å². The lowest BCUT2D eigenvalue weighted by molar-refractivity contribution is -0.143. The number of benzene rings is 1. The average molecular weight is 348 g/mol. The van der Waals surface area contributed by atoms with Crippen molar-refractivity contribution in [2.75, 3.05) is 13.7 Å². The molecule has 0 saturated heterocycles. The third-order valence-corrected chi connectivity index (χ3v) is 4.66. The first-order valence-corrected chi connectivity index (χ1v) is 8.75. The van der Waals surface area contributed by atoms with Crippen molar-refractivity contribution in [1.29, 1.82) is 0 Å². The maximum absolute atomic E-state index is 12.6. The molecule has 138 valence electrons. The number of carbonyl (C=O) groups is 2. The number of rotatable bonds is 9. The lowest BCUT2D eigenvalue weighted by Crippen LogP contribution is -2.47. The third kappa shape index (κ3) is 5.19. The van der Waals surface area contributed by atoms with Crippen molar-refractivity contribution >= 4 is 11.9 Å². The fraction of sp³-hybridized carbons (Fsp3) is 0.579. The molecule has 1 aliphatic rings. The fourth-order valence-corrected chi connectivity index (χ4v) is 2.96. The predicted molar refractivity (Wildman–Crippen MR) is 95.5 cm³/mol. The van der Waals surface area contributed by atoms with Crippen LogP contribution in [0.5, 0.6) is 5.75 Å². The number of nitrogens with zero attached hydrogens (tertiary/aromatic N) is 1. The van der Waals surface area contributed by atoms with Gasteiger partial charge in [0.25, 0.3) is 0 Å². The topological polar surface area (TPSA) is 78.9 Å². The van der Waals surface area contributed by atoms with Gasteiger partial charge in [0, 0.05) is 6.04 Å². The van der Waals surface area contributed by atoms with Crippen molar-refractivity contribution in [3.05, 3.63) is 29.8 Å². The Morgan fingerprint density at radius 1 is 1.24 bits per heavy atom. The lowest BCUT2D eigenvalue weighted by atomic mass is 9.96. The lowest BCUT2D eigenvalue weighted by Gasteiger charge is -2.28. The van der Waals surface area contributed by atoms with E-state index in [1.54, 1.807) is 18.9 Å². The van der Waals surface area contributed by atoms with Crippen LogP contribution in [0.3, 0.4) is 0 Å². The molecule has 1 amide bonds. The first kappa shape index (κ1) is 19.2. The standard InChI is InChI=1S/C19H28N2O4/c1-12(2)18(14-5-9-16(25-4)10-6-14)20-17(22)11-21(15-7-8-15)13(3)19(23)24/h5-6,9-10,12-13,15,18H,7-8,11H2,1-4H3,(H,20,22)(H,23,24). The van der Waals surface area contributed by atoms with Gasteiger partial charge in [-0.3, -0.25) is 14.5 Å². The highest BCUT2D eigenvalue weighted by molar-refractivity contribution is 5.80. The van der Waals surface area contributed by atoms with Crippen molar-refractivity contribution in [3.8, 4) is 5.75 Å². The SMILES string of the molecule is COc1ccc(C(NC(=O)CN(C2CC2)C(C)C(=O)O)C(C)C)cc1. The van der Waals surface area contributed by atoms with Crippen molar-refractivity contribution in [1.82, 2.24) is 10.2 Å². The summed E-state index contributed by atoms with van der Waals surface area (Å²) >= 11 is 0. The minimum atomic E-state index is -0.893. The van der Waals surface area contributed by atoms with E-state index in [9.17, 15) is 14.7 Å². The monoisotopic (exact) mass is 348 g/mol. The van der Waals surface area contributed by atoms with Crippen LogP contribution in [0.2, 0.25) is 0 Å². The molecule has 25 heavy (non-hydrogen) atoms. The highest BCUT2D eigenvalue weighted by Crippen LogP contribution is 2.29. The van der Waals surface area contributed by atoms with Crippen LogP contribution in [-0.2, 0) is 9.59 Å². The Hall–Kier alpha value is -2.08. The molecule has 0 radical (unpaired) electrons. The minimum Gasteiger partial charge on any atom is -0.497 e. The summed E-state index contributed by atoms with van der Waals surface area (Å²) < 4.78 is 5.18. The Balaban J connectivity index is 2.04. The quantitative estimate of drug-likeness (QED) is 0.717. The number of carboxylic acids is 1. The summed E-state index contributed by atoms with van der Waals surface area (Å²) in [6.07, 6.45) is 1.91. The second kappa shape index (κ2) is 8.34. The number of hydrogen-bond donors (Lipinski definition) is 2.